The van der Waals surface area contributed by atoms with E-state index < -0.39 is 14.3 Å². The van der Waals surface area contributed by atoms with E-state index in [4.69, 9.17) is 11.3 Å². The van der Waals surface area contributed by atoms with Crippen LogP contribution in [0.15, 0.2) is 12.7 Å². The molecule has 0 amide bonds. The Labute approximate surface area is 88.2 Å². The molecule has 0 N–H and O–H groups in total. The zero-order valence-corrected chi connectivity index (χ0v) is 10.5. The van der Waals surface area contributed by atoms with Gasteiger partial charge in [0.05, 0.1) is 0 Å². The van der Waals surface area contributed by atoms with E-state index in [0.717, 1.165) is 44.7 Å². The molecule has 0 unspecified atom stereocenters. The molecule has 2 bridgehead atoms. The average Bonchev–Trinajstić information content (AvgIpc) is 2.06. The van der Waals surface area contributed by atoms with Gasteiger partial charge >= 0.3 is 87.8 Å². The Hall–Kier alpha value is 0.123. The van der Waals surface area contributed by atoms with Crippen LogP contribution in [-0.4, -0.2) is 58.6 Å². The molecular weight excluding hydrogens is 243 g/mol. The van der Waals surface area contributed by atoms with Crippen molar-refractivity contribution in [2.24, 2.45) is 0 Å². The first-order chi connectivity index (χ1) is 6.85. The molecule has 3 saturated heterocycles. The van der Waals surface area contributed by atoms with E-state index in [1.165, 1.54) is 0 Å². The minimum atomic E-state index is -2.90. The number of hydrogen-bond donors (Lipinski definition) is 0. The second-order valence-electron chi connectivity index (χ2n) is 3.56. The van der Waals surface area contributed by atoms with Crippen molar-refractivity contribution in [2.75, 3.05) is 39.5 Å². The Morgan fingerprint density at radius 3 is 2.00 bits per heavy atom. The Balaban J connectivity index is 2.07. The molecule has 0 aromatic rings. The molecule has 4 nitrogen and oxygen atoms in total. The molecule has 14 heavy (non-hydrogen) atoms. The molecule has 0 spiro atoms. The van der Waals surface area contributed by atoms with E-state index in [9.17, 15) is 0 Å². The van der Waals surface area contributed by atoms with Gasteiger partial charge in [-0.2, -0.15) is 0 Å². The van der Waals surface area contributed by atoms with Gasteiger partial charge in [0, 0.05) is 0 Å². The van der Waals surface area contributed by atoms with Crippen LogP contribution in [0, 0.1) is 0 Å². The Bertz CT molecular complexity index is 186. The molecule has 0 aromatic carbocycles. The zero-order chi connectivity index (χ0) is 9.86. The third kappa shape index (κ3) is 2.38. The van der Waals surface area contributed by atoms with Crippen molar-refractivity contribution in [2.45, 2.75) is 5.25 Å². The van der Waals surface area contributed by atoms with Gasteiger partial charge in [0.1, 0.15) is 0 Å². The number of allylic oxidation sites excluding steroid dienone is 1. The molecule has 0 radical (unpaired) electrons. The molecule has 3 aliphatic rings. The Morgan fingerprint density at radius 2 is 1.57 bits per heavy atom. The Morgan fingerprint density at radius 1 is 1.07 bits per heavy atom. The van der Waals surface area contributed by atoms with Crippen molar-refractivity contribution in [1.29, 1.82) is 0 Å². The fourth-order valence-corrected chi connectivity index (χ4v) is 6.34. The van der Waals surface area contributed by atoms with Crippen LogP contribution < -0.4 is 0 Å². The summed E-state index contributed by atoms with van der Waals surface area (Å²) in [6.45, 7) is 9.01. The third-order valence-corrected chi connectivity index (χ3v) is 8.29. The molecular formula is C9H17GeNO3. The first-order valence-electron chi connectivity index (χ1n) is 5.10. The van der Waals surface area contributed by atoms with Crippen LogP contribution in [-0.2, 0) is 11.3 Å². The summed E-state index contributed by atoms with van der Waals surface area (Å²) >= 11 is -2.90. The van der Waals surface area contributed by atoms with Crippen LogP contribution in [0.1, 0.15) is 0 Å². The molecule has 0 saturated carbocycles. The average molecular weight is 260 g/mol. The van der Waals surface area contributed by atoms with Gasteiger partial charge in [0.25, 0.3) is 0 Å². The standard InChI is InChI=1S/C9H17GeNO3/c1-2-3-10-12-7-4-11(5-8-13-10)6-9-14-10/h2H,1,3-9H2. The quantitative estimate of drug-likeness (QED) is 0.534. The zero-order valence-electron chi connectivity index (χ0n) is 8.41. The Kier molecular flexibility index (Phi) is 3.62. The van der Waals surface area contributed by atoms with Crippen LogP contribution in [0.5, 0.6) is 0 Å². The van der Waals surface area contributed by atoms with E-state index in [0.29, 0.717) is 0 Å². The monoisotopic (exact) mass is 261 g/mol. The van der Waals surface area contributed by atoms with Gasteiger partial charge in [-0.25, -0.2) is 0 Å². The van der Waals surface area contributed by atoms with E-state index in [1.54, 1.807) is 0 Å². The van der Waals surface area contributed by atoms with Crippen molar-refractivity contribution >= 4 is 14.3 Å². The summed E-state index contributed by atoms with van der Waals surface area (Å²) in [5.74, 6) is 0. The van der Waals surface area contributed by atoms with Crippen LogP contribution in [0.3, 0.4) is 0 Å². The molecule has 0 aromatic heterocycles. The molecule has 3 fully saturated rings. The van der Waals surface area contributed by atoms with Gasteiger partial charge in [-0.3, -0.25) is 0 Å². The van der Waals surface area contributed by atoms with Crippen LogP contribution in [0.2, 0.25) is 5.25 Å². The summed E-state index contributed by atoms with van der Waals surface area (Å²) in [7, 11) is 0. The second-order valence-corrected chi connectivity index (χ2v) is 9.10. The second kappa shape index (κ2) is 4.76. The van der Waals surface area contributed by atoms with E-state index >= 15 is 0 Å². The van der Waals surface area contributed by atoms with E-state index in [1.807, 2.05) is 6.08 Å². The maximum absolute atomic E-state index is 5.81. The van der Waals surface area contributed by atoms with Crippen molar-refractivity contribution < 1.29 is 11.3 Å². The van der Waals surface area contributed by atoms with Gasteiger partial charge in [-0.1, -0.05) is 0 Å². The van der Waals surface area contributed by atoms with Crippen LogP contribution in [0.25, 0.3) is 0 Å². The fourth-order valence-electron chi connectivity index (χ4n) is 1.80. The molecule has 3 aliphatic heterocycles. The van der Waals surface area contributed by atoms with Gasteiger partial charge in [-0.15, -0.1) is 0 Å². The third-order valence-electron chi connectivity index (χ3n) is 2.58. The maximum atomic E-state index is 5.81. The summed E-state index contributed by atoms with van der Waals surface area (Å²) in [4.78, 5) is 2.32. The summed E-state index contributed by atoms with van der Waals surface area (Å²) < 4.78 is 17.4. The summed E-state index contributed by atoms with van der Waals surface area (Å²) in [5, 5.41) is 0.778. The molecule has 5 heteroatoms. The number of rotatable bonds is 2. The van der Waals surface area contributed by atoms with Gasteiger partial charge in [-0.05, 0) is 0 Å². The predicted octanol–water partition coefficient (Wildman–Crippen LogP) is 0.490. The molecule has 3 heterocycles. The first-order valence-corrected chi connectivity index (χ1v) is 9.15. The molecule has 0 aliphatic carbocycles. The SMILES string of the molecule is C=C[CH2][Ge]12[O]CCN(CC[O]1)CC[O]2. The van der Waals surface area contributed by atoms with Crippen molar-refractivity contribution in [3.05, 3.63) is 12.7 Å². The molecule has 3 rings (SSSR count). The van der Waals surface area contributed by atoms with E-state index in [2.05, 4.69) is 11.5 Å². The van der Waals surface area contributed by atoms with Crippen molar-refractivity contribution in [1.82, 2.24) is 4.90 Å². The van der Waals surface area contributed by atoms with Crippen molar-refractivity contribution in [3.8, 4) is 0 Å². The topological polar surface area (TPSA) is 30.9 Å². The van der Waals surface area contributed by atoms with Gasteiger partial charge in [0.15, 0.2) is 0 Å². The van der Waals surface area contributed by atoms with Crippen LogP contribution in [0.4, 0.5) is 0 Å². The fraction of sp³-hybridized carbons (Fsp3) is 0.778. The normalized spacial score (nSPS) is 38.4. The summed E-state index contributed by atoms with van der Waals surface area (Å²) in [6.07, 6.45) is 1.86. The minimum absolute atomic E-state index is 0.744. The number of fused-ring (bicyclic) bond motifs is 6. The first kappa shape index (κ1) is 10.6. The van der Waals surface area contributed by atoms with Gasteiger partial charge in [0.2, 0.25) is 0 Å². The van der Waals surface area contributed by atoms with Gasteiger partial charge < -0.3 is 0 Å². The number of nitrogens with zero attached hydrogens (tertiary/aromatic N) is 1. The van der Waals surface area contributed by atoms with Crippen LogP contribution >= 0.6 is 0 Å². The van der Waals surface area contributed by atoms with E-state index in [-0.39, 0.29) is 0 Å². The molecule has 0 atom stereocenters. The predicted molar refractivity (Wildman–Crippen MR) is 55.1 cm³/mol. The number of hydrogen-bond acceptors (Lipinski definition) is 4. The summed E-state index contributed by atoms with van der Waals surface area (Å²) in [6, 6.07) is 0. The van der Waals surface area contributed by atoms with Crippen molar-refractivity contribution in [3.63, 3.8) is 0 Å². The molecule has 80 valence electrons. The summed E-state index contributed by atoms with van der Waals surface area (Å²) in [5.41, 5.74) is 0.